The minimum absolute atomic E-state index is 0.0994. The van der Waals surface area contributed by atoms with E-state index in [1.165, 1.54) is 0 Å². The molecule has 3 heterocycles. The Morgan fingerprint density at radius 1 is 0.909 bits per heavy atom. The van der Waals surface area contributed by atoms with Crippen molar-refractivity contribution in [2.45, 2.75) is 118 Å². The summed E-state index contributed by atoms with van der Waals surface area (Å²) in [5, 5.41) is 120. The van der Waals surface area contributed by atoms with Gasteiger partial charge in [-0.25, -0.2) is 4.79 Å². The van der Waals surface area contributed by atoms with Crippen LogP contribution in [0.3, 0.4) is 0 Å². The van der Waals surface area contributed by atoms with Crippen molar-refractivity contribution in [3.05, 3.63) is 34.4 Å². The number of non-ortho nitro benzene ring substituents is 1. The molecule has 0 bridgehead atoms. The van der Waals surface area contributed by atoms with Crippen molar-refractivity contribution in [2.75, 3.05) is 19.8 Å². The summed E-state index contributed by atoms with van der Waals surface area (Å²) in [5.74, 6) is -6.41. The van der Waals surface area contributed by atoms with E-state index >= 15 is 0 Å². The Bertz CT molecular complexity index is 1490. The van der Waals surface area contributed by atoms with Gasteiger partial charge in [0.05, 0.1) is 36.9 Å². The van der Waals surface area contributed by atoms with E-state index in [1.54, 1.807) is 0 Å². The van der Waals surface area contributed by atoms with Gasteiger partial charge >= 0.3 is 5.97 Å². The zero-order valence-electron chi connectivity index (χ0n) is 29.2. The molecule has 24 nitrogen and oxygen atoms in total. The third kappa shape index (κ3) is 9.99. The Balaban J connectivity index is 1.71. The molecule has 1 aromatic rings. The molecule has 16 atom stereocenters. The van der Waals surface area contributed by atoms with Crippen LogP contribution < -0.4 is 15.4 Å². The molecule has 0 unspecified atom stereocenters. The number of carbonyl (C=O) groups excluding carboxylic acids is 2. The second kappa shape index (κ2) is 18.5. The lowest BCUT2D eigenvalue weighted by molar-refractivity contribution is -0.384. The molecule has 4 rings (SSSR count). The fourth-order valence-corrected chi connectivity index (χ4v) is 6.31. The summed E-state index contributed by atoms with van der Waals surface area (Å²) in [5.41, 5.74) is -0.329. The molecule has 12 N–H and O–H groups in total. The van der Waals surface area contributed by atoms with Crippen LogP contribution in [0.1, 0.15) is 20.3 Å². The van der Waals surface area contributed by atoms with E-state index in [-0.39, 0.29) is 11.4 Å². The molecule has 0 aromatic heterocycles. The Labute approximate surface area is 310 Å². The second-order valence-electron chi connectivity index (χ2n) is 13.1. The third-order valence-electron chi connectivity index (χ3n) is 9.15. The number of nitro benzene ring substituents is 1. The first-order valence-electron chi connectivity index (χ1n) is 16.8. The highest BCUT2D eigenvalue weighted by molar-refractivity contribution is 5.76. The lowest BCUT2D eigenvalue weighted by atomic mass is 9.88. The summed E-state index contributed by atoms with van der Waals surface area (Å²) < 4.78 is 34.3. The predicted molar refractivity (Wildman–Crippen MR) is 173 cm³/mol. The molecule has 55 heavy (non-hydrogen) atoms. The van der Waals surface area contributed by atoms with E-state index in [1.807, 2.05) is 0 Å². The standard InChI is InChI=1S/C31H45N3O21/c1-11(37)32-19-15(39)7-31(30(46)47,55-27(19)21(41)16(40)8-35)50-10-18-23(43)26(54-29-25(45)24(44)22(42)17(9-36)52-29)20(33-12(2)38)28(53-18)51-14-5-3-13(4-6-14)34(48)49/h3-6,15-29,35-36,39-45H,7-10H2,1-2H3,(H,32,37)(H,33,38)(H,46,47)/t15-,16-,17+,18+,19-,20+,21-,22+,23+,24+,25+,26-,27-,28-,29+,31-/m0/s1. The number of hydrogen-bond donors (Lipinski definition) is 12. The van der Waals surface area contributed by atoms with Crippen LogP contribution in [0.5, 0.6) is 5.75 Å². The van der Waals surface area contributed by atoms with Crippen molar-refractivity contribution < 1.29 is 98.8 Å². The van der Waals surface area contributed by atoms with Crippen molar-refractivity contribution in [3.63, 3.8) is 0 Å². The molecular weight excluding hydrogens is 750 g/mol. The Hall–Kier alpha value is -3.73. The zero-order chi connectivity index (χ0) is 40.9. The predicted octanol–water partition coefficient (Wildman–Crippen LogP) is -6.08. The van der Waals surface area contributed by atoms with Crippen LogP contribution >= 0.6 is 0 Å². The molecule has 0 radical (unpaired) electrons. The largest absolute Gasteiger partial charge is 0.477 e. The van der Waals surface area contributed by atoms with Gasteiger partial charge in [0, 0.05) is 32.4 Å². The highest BCUT2D eigenvalue weighted by Crippen LogP contribution is 2.36. The summed E-state index contributed by atoms with van der Waals surface area (Å²) in [6.07, 6.45) is -25.2. The molecule has 2 amide bonds. The van der Waals surface area contributed by atoms with E-state index in [9.17, 15) is 75.6 Å². The van der Waals surface area contributed by atoms with Crippen LogP contribution in [0.4, 0.5) is 5.69 Å². The first-order valence-corrected chi connectivity index (χ1v) is 16.8. The van der Waals surface area contributed by atoms with E-state index in [4.69, 9.17) is 28.4 Å². The number of aliphatic carboxylic acids is 1. The Morgan fingerprint density at radius 3 is 2.05 bits per heavy atom. The summed E-state index contributed by atoms with van der Waals surface area (Å²) in [6.45, 7) is -0.811. The highest BCUT2D eigenvalue weighted by Gasteiger charge is 2.58. The third-order valence-corrected chi connectivity index (χ3v) is 9.15. The van der Waals surface area contributed by atoms with Crippen LogP contribution in [0.2, 0.25) is 0 Å². The average molecular weight is 796 g/mol. The van der Waals surface area contributed by atoms with Gasteiger partial charge in [0.2, 0.25) is 18.1 Å². The first-order chi connectivity index (χ1) is 25.8. The highest BCUT2D eigenvalue weighted by atomic mass is 16.8. The first kappa shape index (κ1) is 44.0. The van der Waals surface area contributed by atoms with Crippen LogP contribution in [-0.4, -0.2) is 191 Å². The number of carbonyl (C=O) groups is 3. The van der Waals surface area contributed by atoms with Gasteiger partial charge in [0.25, 0.3) is 11.5 Å². The molecule has 0 saturated carbocycles. The number of carboxylic acids is 1. The van der Waals surface area contributed by atoms with Crippen molar-refractivity contribution in [1.29, 1.82) is 0 Å². The normalized spacial score (nSPS) is 37.6. The van der Waals surface area contributed by atoms with Gasteiger partial charge in [0.1, 0.15) is 72.8 Å². The van der Waals surface area contributed by atoms with Gasteiger partial charge in [-0.05, 0) is 12.1 Å². The maximum absolute atomic E-state index is 12.7. The van der Waals surface area contributed by atoms with Gasteiger partial charge < -0.3 is 90.1 Å². The Kier molecular flexibility index (Phi) is 14.8. The molecular formula is C31H45N3O21. The van der Waals surface area contributed by atoms with Crippen molar-refractivity contribution >= 4 is 23.5 Å². The Morgan fingerprint density at radius 2 is 1.51 bits per heavy atom. The van der Waals surface area contributed by atoms with Crippen LogP contribution in [0.25, 0.3) is 0 Å². The number of aliphatic hydroxyl groups is 9. The minimum atomic E-state index is -2.91. The van der Waals surface area contributed by atoms with Gasteiger partial charge in [0.15, 0.2) is 6.29 Å². The van der Waals surface area contributed by atoms with E-state index in [0.29, 0.717) is 0 Å². The van der Waals surface area contributed by atoms with Gasteiger partial charge in [-0.15, -0.1) is 0 Å². The number of carboxylic acid groups (broad SMARTS) is 1. The molecule has 3 saturated heterocycles. The van der Waals surface area contributed by atoms with Crippen LogP contribution in [0.15, 0.2) is 24.3 Å². The van der Waals surface area contributed by atoms with Gasteiger partial charge in [-0.2, -0.15) is 0 Å². The number of amides is 2. The summed E-state index contributed by atoms with van der Waals surface area (Å²) >= 11 is 0. The van der Waals surface area contributed by atoms with Crippen molar-refractivity contribution in [3.8, 4) is 5.75 Å². The smallest absolute Gasteiger partial charge is 0.364 e. The van der Waals surface area contributed by atoms with Crippen LogP contribution in [-0.2, 0) is 38.1 Å². The van der Waals surface area contributed by atoms with Crippen molar-refractivity contribution in [2.24, 2.45) is 0 Å². The second-order valence-corrected chi connectivity index (χ2v) is 13.1. The number of hydrogen-bond acceptors (Lipinski definition) is 20. The number of nitrogens with zero attached hydrogens (tertiary/aromatic N) is 1. The zero-order valence-corrected chi connectivity index (χ0v) is 29.2. The molecule has 0 aliphatic carbocycles. The van der Waals surface area contributed by atoms with E-state index < -0.39 is 147 Å². The summed E-state index contributed by atoms with van der Waals surface area (Å²) in [6, 6.07) is 1.35. The van der Waals surface area contributed by atoms with Gasteiger partial charge in [-0.3, -0.25) is 19.7 Å². The molecule has 3 fully saturated rings. The summed E-state index contributed by atoms with van der Waals surface area (Å²) in [4.78, 5) is 47.6. The topological polar surface area (TPSA) is 376 Å². The number of aliphatic hydroxyl groups excluding tert-OH is 9. The SMILES string of the molecule is CC(=O)N[C@@H]1[C@@H]([C@@H](O)[C@@H](O)CO)O[C@](OC[C@H]2O[C@H](Oc3ccc([N+](=O)[O-])cc3)[C@H](NC(C)=O)[C@H](O[C@H]3O[C@H](CO)[C@@H](O)[C@@H](O)[C@H]3O)[C@@H]2O)(C(=O)O)C[C@@H]1O. The number of rotatable bonds is 15. The number of nitro groups is 1. The fourth-order valence-electron chi connectivity index (χ4n) is 6.31. The number of benzene rings is 1. The van der Waals surface area contributed by atoms with E-state index in [2.05, 4.69) is 10.6 Å². The van der Waals surface area contributed by atoms with Crippen LogP contribution in [0, 0.1) is 10.1 Å². The lowest BCUT2D eigenvalue weighted by Gasteiger charge is -2.49. The molecule has 310 valence electrons. The minimum Gasteiger partial charge on any atom is -0.477 e. The number of ether oxygens (including phenoxy) is 6. The average Bonchev–Trinajstić information content (AvgIpc) is 3.13. The fraction of sp³-hybridized carbons (Fsp3) is 0.710. The van der Waals surface area contributed by atoms with E-state index in [0.717, 1.165) is 38.1 Å². The monoisotopic (exact) mass is 795 g/mol. The maximum Gasteiger partial charge on any atom is 0.364 e. The van der Waals surface area contributed by atoms with Gasteiger partial charge in [-0.1, -0.05) is 0 Å². The molecule has 0 spiro atoms. The molecule has 3 aliphatic heterocycles. The summed E-state index contributed by atoms with van der Waals surface area (Å²) in [7, 11) is 0. The van der Waals surface area contributed by atoms with Crippen molar-refractivity contribution in [1.82, 2.24) is 10.6 Å². The molecule has 3 aliphatic rings. The quantitative estimate of drug-likeness (QED) is 0.0580. The molecule has 1 aromatic carbocycles. The molecule has 24 heteroatoms. The number of nitrogens with one attached hydrogen (secondary N) is 2. The lowest BCUT2D eigenvalue weighted by Crippen LogP contribution is -2.70. The maximum atomic E-state index is 12.7.